The number of aromatic nitrogens is 3. The van der Waals surface area contributed by atoms with Gasteiger partial charge in [-0.2, -0.15) is 0 Å². The van der Waals surface area contributed by atoms with Crippen LogP contribution in [0.2, 0.25) is 0 Å². The highest BCUT2D eigenvalue weighted by Gasteiger charge is 2.40. The lowest BCUT2D eigenvalue weighted by Gasteiger charge is -2.39. The minimum atomic E-state index is -0.952. The molecule has 2 saturated heterocycles. The number of imide groups is 1. The van der Waals surface area contributed by atoms with Gasteiger partial charge in [-0.25, -0.2) is 24.5 Å². The van der Waals surface area contributed by atoms with Gasteiger partial charge >= 0.3 is 12.2 Å². The standard InChI is InChI=1S/C30H40N6O7/c1-29(2,3)42-27(38)36(28(39)43-30(4,5)6)26-31-15-20(16-32-26)23-13-21(14-24(33-23)34-9-11-40-12-10-34)41-22-17-35(18-22)25(37)19-7-8-19/h13-16,19,22H,7-12,17-18H2,1-6H3. The van der Waals surface area contributed by atoms with Gasteiger partial charge < -0.3 is 28.7 Å². The predicted molar refractivity (Wildman–Crippen MR) is 157 cm³/mol. The summed E-state index contributed by atoms with van der Waals surface area (Å²) in [7, 11) is 0. The number of amides is 3. The molecule has 232 valence electrons. The van der Waals surface area contributed by atoms with Crippen molar-refractivity contribution in [3.63, 3.8) is 0 Å². The molecule has 2 aromatic rings. The van der Waals surface area contributed by atoms with E-state index in [0.717, 1.165) is 12.8 Å². The first-order valence-corrected chi connectivity index (χ1v) is 14.6. The Kier molecular flexibility index (Phi) is 8.46. The van der Waals surface area contributed by atoms with Crippen LogP contribution in [0, 0.1) is 5.92 Å². The molecule has 3 aliphatic rings. The average Bonchev–Trinajstić information content (AvgIpc) is 3.75. The fourth-order valence-corrected chi connectivity index (χ4v) is 4.56. The van der Waals surface area contributed by atoms with E-state index in [1.165, 1.54) is 12.4 Å². The number of nitrogens with zero attached hydrogens (tertiary/aromatic N) is 6. The summed E-state index contributed by atoms with van der Waals surface area (Å²) in [5.41, 5.74) is -0.617. The number of carbonyl (C=O) groups excluding carboxylic acids is 3. The van der Waals surface area contributed by atoms with E-state index in [-0.39, 0.29) is 23.9 Å². The maximum absolute atomic E-state index is 13.0. The van der Waals surface area contributed by atoms with Gasteiger partial charge in [0.05, 0.1) is 32.0 Å². The summed E-state index contributed by atoms with van der Waals surface area (Å²) >= 11 is 0. The maximum atomic E-state index is 13.0. The fourth-order valence-electron chi connectivity index (χ4n) is 4.56. The van der Waals surface area contributed by atoms with E-state index >= 15 is 0 Å². The van der Waals surface area contributed by atoms with E-state index < -0.39 is 23.4 Å². The molecule has 13 nitrogen and oxygen atoms in total. The molecule has 3 fully saturated rings. The minimum absolute atomic E-state index is 0.106. The van der Waals surface area contributed by atoms with Crippen LogP contribution in [0.25, 0.3) is 11.3 Å². The van der Waals surface area contributed by atoms with Gasteiger partial charge in [-0.1, -0.05) is 0 Å². The van der Waals surface area contributed by atoms with Crippen molar-refractivity contribution >= 4 is 29.9 Å². The van der Waals surface area contributed by atoms with Crippen LogP contribution in [0.1, 0.15) is 54.4 Å². The number of ether oxygens (including phenoxy) is 4. The van der Waals surface area contributed by atoms with Gasteiger partial charge in [0.15, 0.2) is 0 Å². The summed E-state index contributed by atoms with van der Waals surface area (Å²) in [4.78, 5) is 56.5. The molecular weight excluding hydrogens is 556 g/mol. The second-order valence-electron chi connectivity index (χ2n) is 13.0. The lowest BCUT2D eigenvalue weighted by Crippen LogP contribution is -2.56. The van der Waals surface area contributed by atoms with Gasteiger partial charge in [0, 0.05) is 49.1 Å². The van der Waals surface area contributed by atoms with E-state index in [1.54, 1.807) is 47.6 Å². The SMILES string of the molecule is CC(C)(C)OC(=O)N(C(=O)OC(C)(C)C)c1ncc(-c2cc(OC3CN(C(=O)C4CC4)C3)cc(N3CCOCC3)n2)cn1. The molecule has 43 heavy (non-hydrogen) atoms. The second kappa shape index (κ2) is 11.9. The Morgan fingerprint density at radius 1 is 0.907 bits per heavy atom. The fraction of sp³-hybridized carbons (Fsp3) is 0.600. The average molecular weight is 597 g/mol. The highest BCUT2D eigenvalue weighted by Crippen LogP contribution is 2.34. The molecule has 0 spiro atoms. The zero-order valence-corrected chi connectivity index (χ0v) is 25.7. The number of carbonyl (C=O) groups is 3. The Morgan fingerprint density at radius 2 is 1.49 bits per heavy atom. The summed E-state index contributed by atoms with van der Waals surface area (Å²) in [6.07, 6.45) is 2.92. The molecule has 1 saturated carbocycles. The van der Waals surface area contributed by atoms with Crippen molar-refractivity contribution in [2.24, 2.45) is 5.92 Å². The summed E-state index contributed by atoms with van der Waals surface area (Å²) in [6, 6.07) is 3.69. The molecule has 1 aliphatic carbocycles. The predicted octanol–water partition coefficient (Wildman–Crippen LogP) is 4.05. The normalized spacial score (nSPS) is 17.6. The molecule has 0 radical (unpaired) electrons. The summed E-state index contributed by atoms with van der Waals surface area (Å²) in [5, 5.41) is 0. The summed E-state index contributed by atoms with van der Waals surface area (Å²) in [6.45, 7) is 13.8. The van der Waals surface area contributed by atoms with Crippen molar-refractivity contribution < 1.29 is 33.3 Å². The van der Waals surface area contributed by atoms with Crippen LogP contribution in [0.15, 0.2) is 24.5 Å². The van der Waals surface area contributed by atoms with E-state index in [4.69, 9.17) is 23.9 Å². The van der Waals surface area contributed by atoms with Crippen LogP contribution in [0.3, 0.4) is 0 Å². The highest BCUT2D eigenvalue weighted by molar-refractivity contribution is 6.08. The van der Waals surface area contributed by atoms with Crippen molar-refractivity contribution in [2.75, 3.05) is 49.2 Å². The first-order valence-electron chi connectivity index (χ1n) is 14.6. The molecule has 0 atom stereocenters. The lowest BCUT2D eigenvalue weighted by atomic mass is 10.1. The molecule has 4 heterocycles. The van der Waals surface area contributed by atoms with Crippen molar-refractivity contribution in [3.8, 4) is 17.0 Å². The molecular formula is C30H40N6O7. The molecule has 0 aromatic carbocycles. The molecule has 5 rings (SSSR count). The van der Waals surface area contributed by atoms with Crippen LogP contribution in [-0.4, -0.2) is 94.6 Å². The first kappa shape index (κ1) is 30.5. The van der Waals surface area contributed by atoms with Gasteiger partial charge in [-0.3, -0.25) is 4.79 Å². The quantitative estimate of drug-likeness (QED) is 0.478. The van der Waals surface area contributed by atoms with Crippen LogP contribution < -0.4 is 14.5 Å². The van der Waals surface area contributed by atoms with Gasteiger partial charge in [-0.05, 0) is 54.4 Å². The zero-order chi connectivity index (χ0) is 30.9. The largest absolute Gasteiger partial charge is 0.487 e. The molecule has 0 bridgehead atoms. The molecule has 3 amide bonds. The van der Waals surface area contributed by atoms with Crippen LogP contribution in [0.5, 0.6) is 5.75 Å². The Morgan fingerprint density at radius 3 is 2.02 bits per heavy atom. The number of hydrogen-bond acceptors (Lipinski definition) is 11. The van der Waals surface area contributed by atoms with Gasteiger partial charge in [-0.15, -0.1) is 4.90 Å². The molecule has 0 N–H and O–H groups in total. The van der Waals surface area contributed by atoms with Crippen LogP contribution >= 0.6 is 0 Å². The van der Waals surface area contributed by atoms with E-state index in [2.05, 4.69) is 14.9 Å². The molecule has 13 heteroatoms. The Labute approximate surface area is 251 Å². The molecule has 0 unspecified atom stereocenters. The van der Waals surface area contributed by atoms with Gasteiger partial charge in [0.25, 0.3) is 0 Å². The van der Waals surface area contributed by atoms with Crippen molar-refractivity contribution in [1.29, 1.82) is 0 Å². The monoisotopic (exact) mass is 596 g/mol. The Balaban J connectivity index is 1.39. The number of anilines is 2. The second-order valence-corrected chi connectivity index (χ2v) is 13.0. The summed E-state index contributed by atoms with van der Waals surface area (Å²) in [5.74, 6) is 1.54. The van der Waals surface area contributed by atoms with Crippen LogP contribution in [-0.2, 0) is 19.0 Å². The number of hydrogen-bond donors (Lipinski definition) is 0. The molecule has 2 aliphatic heterocycles. The third-order valence-electron chi connectivity index (χ3n) is 6.80. The number of morpholine rings is 1. The molecule has 2 aromatic heterocycles. The van der Waals surface area contributed by atoms with Crippen molar-refractivity contribution in [1.82, 2.24) is 19.9 Å². The van der Waals surface area contributed by atoms with E-state index in [9.17, 15) is 14.4 Å². The van der Waals surface area contributed by atoms with E-state index in [1.807, 2.05) is 11.0 Å². The number of pyridine rings is 1. The minimum Gasteiger partial charge on any atom is -0.487 e. The van der Waals surface area contributed by atoms with Crippen molar-refractivity contribution in [3.05, 3.63) is 24.5 Å². The van der Waals surface area contributed by atoms with Gasteiger partial charge in [0.1, 0.15) is 28.9 Å². The smallest absolute Gasteiger partial charge is 0.427 e. The third kappa shape index (κ3) is 7.89. The Hall–Kier alpha value is -4.00. The summed E-state index contributed by atoms with van der Waals surface area (Å²) < 4.78 is 22.7. The maximum Gasteiger partial charge on any atom is 0.427 e. The zero-order valence-electron chi connectivity index (χ0n) is 25.7. The first-order chi connectivity index (χ1) is 20.3. The van der Waals surface area contributed by atoms with Gasteiger partial charge in [0.2, 0.25) is 11.9 Å². The number of rotatable bonds is 6. The van der Waals surface area contributed by atoms with E-state index in [0.29, 0.717) is 67.1 Å². The topological polar surface area (TPSA) is 137 Å². The van der Waals surface area contributed by atoms with Crippen LogP contribution in [0.4, 0.5) is 21.4 Å². The lowest BCUT2D eigenvalue weighted by molar-refractivity contribution is -0.141. The Bertz CT molecular complexity index is 1310. The number of likely N-dealkylation sites (tertiary alicyclic amines) is 1. The highest BCUT2D eigenvalue weighted by atomic mass is 16.6. The third-order valence-corrected chi connectivity index (χ3v) is 6.80. The van der Waals surface area contributed by atoms with Crippen molar-refractivity contribution in [2.45, 2.75) is 71.7 Å².